The standard InChI is InChI=1S/C14H21NO2/c1-11(2)12-3-5-13(6-4-12)15-7-8-17-14(9-15)10-16/h3-6,11,14,16H,7-10H2,1-2H3. The summed E-state index contributed by atoms with van der Waals surface area (Å²) in [5, 5.41) is 9.12. The van der Waals surface area contributed by atoms with Gasteiger partial charge in [0.25, 0.3) is 0 Å². The minimum absolute atomic E-state index is 0.0477. The summed E-state index contributed by atoms with van der Waals surface area (Å²) in [6, 6.07) is 8.69. The van der Waals surface area contributed by atoms with Gasteiger partial charge in [0, 0.05) is 18.8 Å². The van der Waals surface area contributed by atoms with Gasteiger partial charge in [0.15, 0.2) is 0 Å². The van der Waals surface area contributed by atoms with E-state index in [9.17, 15) is 0 Å². The van der Waals surface area contributed by atoms with Gasteiger partial charge in [0.2, 0.25) is 0 Å². The van der Waals surface area contributed by atoms with Crippen LogP contribution in [0.2, 0.25) is 0 Å². The number of anilines is 1. The molecule has 1 aliphatic heterocycles. The second kappa shape index (κ2) is 5.52. The first-order chi connectivity index (χ1) is 8.20. The molecule has 0 bridgehead atoms. The van der Waals surface area contributed by atoms with E-state index in [0.29, 0.717) is 12.5 Å². The number of hydrogen-bond donors (Lipinski definition) is 1. The van der Waals surface area contributed by atoms with Crippen molar-refractivity contribution < 1.29 is 9.84 Å². The number of nitrogens with zero attached hydrogens (tertiary/aromatic N) is 1. The fraction of sp³-hybridized carbons (Fsp3) is 0.571. The molecule has 1 aromatic rings. The number of ether oxygens (including phenoxy) is 1. The maximum absolute atomic E-state index is 9.12. The van der Waals surface area contributed by atoms with Crippen molar-refractivity contribution in [3.05, 3.63) is 29.8 Å². The average Bonchev–Trinajstić information content (AvgIpc) is 2.39. The van der Waals surface area contributed by atoms with Crippen molar-refractivity contribution >= 4 is 5.69 Å². The summed E-state index contributed by atoms with van der Waals surface area (Å²) in [4.78, 5) is 2.27. The second-order valence-electron chi connectivity index (χ2n) is 4.87. The lowest BCUT2D eigenvalue weighted by molar-refractivity contribution is 0.00357. The molecule has 3 nitrogen and oxygen atoms in total. The summed E-state index contributed by atoms with van der Waals surface area (Å²) < 4.78 is 5.45. The van der Waals surface area contributed by atoms with Crippen LogP contribution < -0.4 is 4.90 Å². The molecule has 0 saturated carbocycles. The third-order valence-corrected chi connectivity index (χ3v) is 3.27. The largest absolute Gasteiger partial charge is 0.394 e. The Balaban J connectivity index is 2.06. The Morgan fingerprint density at radius 3 is 2.65 bits per heavy atom. The molecule has 94 valence electrons. The fourth-order valence-corrected chi connectivity index (χ4v) is 2.13. The summed E-state index contributed by atoms with van der Waals surface area (Å²) in [5.41, 5.74) is 2.58. The maximum atomic E-state index is 9.12. The summed E-state index contributed by atoms with van der Waals surface area (Å²) in [6.45, 7) is 6.86. The van der Waals surface area contributed by atoms with Crippen LogP contribution in [0.15, 0.2) is 24.3 Å². The van der Waals surface area contributed by atoms with Gasteiger partial charge in [0.05, 0.1) is 19.3 Å². The Kier molecular flexibility index (Phi) is 4.02. The molecular formula is C14H21NO2. The van der Waals surface area contributed by atoms with E-state index < -0.39 is 0 Å². The molecule has 1 aromatic carbocycles. The number of rotatable bonds is 3. The van der Waals surface area contributed by atoms with Crippen molar-refractivity contribution in [1.82, 2.24) is 0 Å². The second-order valence-corrected chi connectivity index (χ2v) is 4.87. The molecule has 1 atom stereocenters. The Hall–Kier alpha value is -1.06. The van der Waals surface area contributed by atoms with E-state index >= 15 is 0 Å². The number of benzene rings is 1. The van der Waals surface area contributed by atoms with E-state index in [0.717, 1.165) is 13.1 Å². The SMILES string of the molecule is CC(C)c1ccc(N2CCOC(CO)C2)cc1. The molecule has 1 N–H and O–H groups in total. The molecule has 0 radical (unpaired) electrons. The van der Waals surface area contributed by atoms with Crippen molar-refractivity contribution in [2.45, 2.75) is 25.9 Å². The highest BCUT2D eigenvalue weighted by molar-refractivity contribution is 5.48. The normalized spacial score (nSPS) is 20.9. The smallest absolute Gasteiger partial charge is 0.0980 e. The molecular weight excluding hydrogens is 214 g/mol. The summed E-state index contributed by atoms with van der Waals surface area (Å²) in [6.07, 6.45) is -0.0477. The molecule has 17 heavy (non-hydrogen) atoms. The number of aliphatic hydroxyl groups excluding tert-OH is 1. The van der Waals surface area contributed by atoms with Crippen molar-refractivity contribution in [2.24, 2.45) is 0 Å². The lowest BCUT2D eigenvalue weighted by atomic mass is 10.0. The van der Waals surface area contributed by atoms with E-state index in [1.165, 1.54) is 11.3 Å². The highest BCUT2D eigenvalue weighted by Gasteiger charge is 2.19. The van der Waals surface area contributed by atoms with Crippen LogP contribution in [0.4, 0.5) is 5.69 Å². The number of morpholine rings is 1. The van der Waals surface area contributed by atoms with Gasteiger partial charge in [-0.2, -0.15) is 0 Å². The third kappa shape index (κ3) is 2.99. The van der Waals surface area contributed by atoms with Crippen LogP contribution in [-0.2, 0) is 4.74 Å². The van der Waals surface area contributed by atoms with Crippen molar-refractivity contribution in [2.75, 3.05) is 31.2 Å². The predicted octanol–water partition coefficient (Wildman–Crippen LogP) is 2.01. The van der Waals surface area contributed by atoms with Crippen LogP contribution in [0, 0.1) is 0 Å². The van der Waals surface area contributed by atoms with Gasteiger partial charge in [-0.1, -0.05) is 26.0 Å². The van der Waals surface area contributed by atoms with E-state index in [1.807, 2.05) is 0 Å². The van der Waals surface area contributed by atoms with Gasteiger partial charge in [-0.3, -0.25) is 0 Å². The van der Waals surface area contributed by atoms with E-state index in [2.05, 4.69) is 43.0 Å². The van der Waals surface area contributed by atoms with Crippen LogP contribution in [0.3, 0.4) is 0 Å². The number of hydrogen-bond acceptors (Lipinski definition) is 3. The van der Waals surface area contributed by atoms with Crippen LogP contribution in [0.1, 0.15) is 25.3 Å². The molecule has 1 saturated heterocycles. The zero-order valence-electron chi connectivity index (χ0n) is 10.6. The first kappa shape index (κ1) is 12.4. The van der Waals surface area contributed by atoms with Gasteiger partial charge in [-0.05, 0) is 23.6 Å². The molecule has 0 aliphatic carbocycles. The summed E-state index contributed by atoms with van der Waals surface area (Å²) in [7, 11) is 0. The Morgan fingerprint density at radius 2 is 2.06 bits per heavy atom. The van der Waals surface area contributed by atoms with Crippen molar-refractivity contribution in [3.63, 3.8) is 0 Å². The third-order valence-electron chi connectivity index (χ3n) is 3.27. The molecule has 1 heterocycles. The van der Waals surface area contributed by atoms with Crippen LogP contribution in [0.5, 0.6) is 0 Å². The number of aliphatic hydroxyl groups is 1. The van der Waals surface area contributed by atoms with Gasteiger partial charge < -0.3 is 14.7 Å². The predicted molar refractivity (Wildman–Crippen MR) is 69.6 cm³/mol. The highest BCUT2D eigenvalue weighted by atomic mass is 16.5. The first-order valence-corrected chi connectivity index (χ1v) is 6.28. The van der Waals surface area contributed by atoms with Gasteiger partial charge in [-0.15, -0.1) is 0 Å². The molecule has 1 fully saturated rings. The zero-order valence-corrected chi connectivity index (χ0v) is 10.6. The van der Waals surface area contributed by atoms with Crippen LogP contribution >= 0.6 is 0 Å². The van der Waals surface area contributed by atoms with Crippen molar-refractivity contribution in [3.8, 4) is 0 Å². The summed E-state index contributed by atoms with van der Waals surface area (Å²) >= 11 is 0. The van der Waals surface area contributed by atoms with Gasteiger partial charge in [-0.25, -0.2) is 0 Å². The fourth-order valence-electron chi connectivity index (χ4n) is 2.13. The monoisotopic (exact) mass is 235 g/mol. The Labute approximate surface area is 103 Å². The topological polar surface area (TPSA) is 32.7 Å². The molecule has 3 heteroatoms. The minimum atomic E-state index is -0.0477. The first-order valence-electron chi connectivity index (χ1n) is 6.28. The quantitative estimate of drug-likeness (QED) is 0.870. The Morgan fingerprint density at radius 1 is 1.35 bits per heavy atom. The van der Waals surface area contributed by atoms with E-state index in [1.54, 1.807) is 0 Å². The lowest BCUT2D eigenvalue weighted by Crippen LogP contribution is -2.44. The summed E-state index contributed by atoms with van der Waals surface area (Å²) in [5.74, 6) is 0.568. The minimum Gasteiger partial charge on any atom is -0.394 e. The molecule has 0 spiro atoms. The lowest BCUT2D eigenvalue weighted by Gasteiger charge is -2.33. The van der Waals surface area contributed by atoms with Gasteiger partial charge >= 0.3 is 0 Å². The zero-order chi connectivity index (χ0) is 12.3. The molecule has 2 rings (SSSR count). The van der Waals surface area contributed by atoms with Crippen LogP contribution in [0.25, 0.3) is 0 Å². The molecule has 0 aromatic heterocycles. The van der Waals surface area contributed by atoms with Crippen LogP contribution in [-0.4, -0.2) is 37.5 Å². The maximum Gasteiger partial charge on any atom is 0.0980 e. The van der Waals surface area contributed by atoms with E-state index in [-0.39, 0.29) is 12.7 Å². The average molecular weight is 235 g/mol. The van der Waals surface area contributed by atoms with E-state index in [4.69, 9.17) is 9.84 Å². The molecule has 0 amide bonds. The van der Waals surface area contributed by atoms with Crippen molar-refractivity contribution in [1.29, 1.82) is 0 Å². The Bertz CT molecular complexity index is 348. The molecule has 1 unspecified atom stereocenters. The van der Waals surface area contributed by atoms with Gasteiger partial charge in [0.1, 0.15) is 0 Å². The highest BCUT2D eigenvalue weighted by Crippen LogP contribution is 2.21. The molecule has 1 aliphatic rings.